The van der Waals surface area contributed by atoms with Gasteiger partial charge in [0.2, 0.25) is 0 Å². The molecule has 2 rings (SSSR count). The lowest BCUT2D eigenvalue weighted by Crippen LogP contribution is -2.36. The summed E-state index contributed by atoms with van der Waals surface area (Å²) in [6.07, 6.45) is 0.679. The van der Waals surface area contributed by atoms with E-state index < -0.39 is 0 Å². The van der Waals surface area contributed by atoms with Gasteiger partial charge in [0.25, 0.3) is 0 Å². The highest BCUT2D eigenvalue weighted by Crippen LogP contribution is 2.16. The zero-order valence-corrected chi connectivity index (χ0v) is 10.0. The van der Waals surface area contributed by atoms with E-state index >= 15 is 0 Å². The lowest BCUT2D eigenvalue weighted by atomic mass is 10.1. The van der Waals surface area contributed by atoms with E-state index in [1.54, 1.807) is 0 Å². The number of hydrogen-bond donors (Lipinski definition) is 1. The standard InChI is InChI=1S/C12H16N2OS/c13-12(16)9-10-1-3-11(4-2-10)14-5-7-15-8-6-14/h1-4H,5-9H2,(H2,13,16). The van der Waals surface area contributed by atoms with Crippen LogP contribution in [-0.2, 0) is 11.2 Å². The second kappa shape index (κ2) is 5.27. The molecule has 4 heteroatoms. The smallest absolute Gasteiger partial charge is 0.0771 e. The Kier molecular flexibility index (Phi) is 3.74. The lowest BCUT2D eigenvalue weighted by molar-refractivity contribution is 0.122. The van der Waals surface area contributed by atoms with Gasteiger partial charge >= 0.3 is 0 Å². The van der Waals surface area contributed by atoms with Crippen LogP contribution in [0.1, 0.15) is 5.56 Å². The first-order chi connectivity index (χ1) is 7.75. The van der Waals surface area contributed by atoms with Gasteiger partial charge in [-0.25, -0.2) is 0 Å². The van der Waals surface area contributed by atoms with E-state index in [4.69, 9.17) is 22.7 Å². The largest absolute Gasteiger partial charge is 0.393 e. The summed E-state index contributed by atoms with van der Waals surface area (Å²) in [7, 11) is 0. The molecule has 1 aromatic carbocycles. The maximum absolute atomic E-state index is 5.51. The SMILES string of the molecule is NC(=S)Cc1ccc(N2CCOCC2)cc1. The fraction of sp³-hybridized carbons (Fsp3) is 0.417. The predicted molar refractivity (Wildman–Crippen MR) is 70.0 cm³/mol. The van der Waals surface area contributed by atoms with Gasteiger partial charge in [0.15, 0.2) is 0 Å². The third-order valence-corrected chi connectivity index (χ3v) is 2.84. The van der Waals surface area contributed by atoms with Crippen molar-refractivity contribution in [1.29, 1.82) is 0 Å². The molecule has 0 aliphatic carbocycles. The van der Waals surface area contributed by atoms with Crippen LogP contribution in [0.25, 0.3) is 0 Å². The average molecular weight is 236 g/mol. The van der Waals surface area contributed by atoms with Crippen molar-refractivity contribution in [1.82, 2.24) is 0 Å². The molecule has 0 aromatic heterocycles. The molecule has 1 aliphatic rings. The first-order valence-electron chi connectivity index (χ1n) is 5.45. The van der Waals surface area contributed by atoms with Gasteiger partial charge in [0.05, 0.1) is 18.2 Å². The maximum atomic E-state index is 5.51. The van der Waals surface area contributed by atoms with Gasteiger partial charge in [-0.05, 0) is 17.7 Å². The van der Waals surface area contributed by atoms with Gasteiger partial charge in [-0.3, -0.25) is 0 Å². The number of benzene rings is 1. The van der Waals surface area contributed by atoms with E-state index in [0.29, 0.717) is 11.4 Å². The zero-order chi connectivity index (χ0) is 11.4. The Morgan fingerprint density at radius 3 is 2.44 bits per heavy atom. The van der Waals surface area contributed by atoms with E-state index in [1.807, 2.05) is 0 Å². The third kappa shape index (κ3) is 2.93. The van der Waals surface area contributed by atoms with Crippen molar-refractivity contribution in [3.63, 3.8) is 0 Å². The molecule has 0 amide bonds. The molecule has 3 nitrogen and oxygen atoms in total. The quantitative estimate of drug-likeness (QED) is 0.804. The highest BCUT2D eigenvalue weighted by molar-refractivity contribution is 7.80. The molecule has 0 bridgehead atoms. The molecule has 1 fully saturated rings. The Hall–Kier alpha value is -1.13. The van der Waals surface area contributed by atoms with Gasteiger partial charge in [-0.1, -0.05) is 24.4 Å². The molecule has 16 heavy (non-hydrogen) atoms. The molecular formula is C12H16N2OS. The van der Waals surface area contributed by atoms with Crippen molar-refractivity contribution < 1.29 is 4.74 Å². The highest BCUT2D eigenvalue weighted by Gasteiger charge is 2.10. The molecule has 0 radical (unpaired) electrons. The molecule has 0 spiro atoms. The molecule has 2 N–H and O–H groups in total. The van der Waals surface area contributed by atoms with Crippen molar-refractivity contribution in [2.45, 2.75) is 6.42 Å². The zero-order valence-electron chi connectivity index (χ0n) is 9.19. The number of nitrogens with zero attached hydrogens (tertiary/aromatic N) is 1. The second-order valence-corrected chi connectivity index (χ2v) is 4.43. The van der Waals surface area contributed by atoms with Gasteiger partial charge in [-0.15, -0.1) is 0 Å². The van der Waals surface area contributed by atoms with Gasteiger partial charge < -0.3 is 15.4 Å². The van der Waals surface area contributed by atoms with Crippen LogP contribution in [0.2, 0.25) is 0 Å². The third-order valence-electron chi connectivity index (χ3n) is 2.69. The van der Waals surface area contributed by atoms with Gasteiger partial charge in [0, 0.05) is 25.2 Å². The molecule has 1 aromatic rings. The summed E-state index contributed by atoms with van der Waals surface area (Å²) in [6.45, 7) is 3.56. The Bertz CT molecular complexity index is 358. The summed E-state index contributed by atoms with van der Waals surface area (Å²) in [5.41, 5.74) is 7.93. The lowest BCUT2D eigenvalue weighted by Gasteiger charge is -2.28. The molecule has 1 saturated heterocycles. The summed E-state index contributed by atoms with van der Waals surface area (Å²) in [5.74, 6) is 0. The first kappa shape index (κ1) is 11.4. The minimum absolute atomic E-state index is 0.541. The number of ether oxygens (including phenoxy) is 1. The number of rotatable bonds is 3. The van der Waals surface area contributed by atoms with Crippen molar-refractivity contribution >= 4 is 22.9 Å². The van der Waals surface area contributed by atoms with E-state index in [9.17, 15) is 0 Å². The van der Waals surface area contributed by atoms with Crippen LogP contribution in [0, 0.1) is 0 Å². The van der Waals surface area contributed by atoms with E-state index in [0.717, 1.165) is 26.3 Å². The number of morpholine rings is 1. The van der Waals surface area contributed by atoms with E-state index in [1.165, 1.54) is 11.3 Å². The Labute approximate surface area is 101 Å². The van der Waals surface area contributed by atoms with Gasteiger partial charge in [0.1, 0.15) is 0 Å². The molecule has 0 atom stereocenters. The number of anilines is 1. The minimum Gasteiger partial charge on any atom is -0.393 e. The minimum atomic E-state index is 0.541. The Balaban J connectivity index is 2.03. The van der Waals surface area contributed by atoms with Crippen LogP contribution in [0.4, 0.5) is 5.69 Å². The monoisotopic (exact) mass is 236 g/mol. The average Bonchev–Trinajstić information content (AvgIpc) is 2.30. The summed E-state index contributed by atoms with van der Waals surface area (Å²) in [4.78, 5) is 2.87. The van der Waals surface area contributed by atoms with Crippen LogP contribution < -0.4 is 10.6 Å². The predicted octanol–water partition coefficient (Wildman–Crippen LogP) is 1.35. The van der Waals surface area contributed by atoms with Crippen LogP contribution in [-0.4, -0.2) is 31.3 Å². The fourth-order valence-corrected chi connectivity index (χ4v) is 2.01. The summed E-state index contributed by atoms with van der Waals surface area (Å²) in [6, 6.07) is 8.42. The van der Waals surface area contributed by atoms with Crippen LogP contribution in [0.15, 0.2) is 24.3 Å². The second-order valence-electron chi connectivity index (χ2n) is 3.91. The maximum Gasteiger partial charge on any atom is 0.0771 e. The highest BCUT2D eigenvalue weighted by atomic mass is 32.1. The molecule has 1 aliphatic heterocycles. The number of hydrogen-bond acceptors (Lipinski definition) is 3. The normalized spacial score (nSPS) is 16.1. The van der Waals surface area contributed by atoms with Crippen LogP contribution in [0.3, 0.4) is 0 Å². The fourth-order valence-electron chi connectivity index (χ4n) is 1.85. The van der Waals surface area contributed by atoms with Crippen molar-refractivity contribution in [3.05, 3.63) is 29.8 Å². The first-order valence-corrected chi connectivity index (χ1v) is 5.86. The van der Waals surface area contributed by atoms with E-state index in [2.05, 4.69) is 29.2 Å². The van der Waals surface area contributed by atoms with Crippen molar-refractivity contribution in [2.75, 3.05) is 31.2 Å². The van der Waals surface area contributed by atoms with Gasteiger partial charge in [-0.2, -0.15) is 0 Å². The molecule has 0 saturated carbocycles. The molecular weight excluding hydrogens is 220 g/mol. The van der Waals surface area contributed by atoms with Crippen molar-refractivity contribution in [2.24, 2.45) is 5.73 Å². The Morgan fingerprint density at radius 1 is 1.25 bits per heavy atom. The van der Waals surface area contributed by atoms with Crippen LogP contribution in [0.5, 0.6) is 0 Å². The topological polar surface area (TPSA) is 38.5 Å². The summed E-state index contributed by atoms with van der Waals surface area (Å²) >= 11 is 4.89. The summed E-state index contributed by atoms with van der Waals surface area (Å²) < 4.78 is 5.32. The van der Waals surface area contributed by atoms with E-state index in [-0.39, 0.29) is 0 Å². The molecule has 1 heterocycles. The molecule has 86 valence electrons. The molecule has 0 unspecified atom stereocenters. The van der Waals surface area contributed by atoms with Crippen LogP contribution >= 0.6 is 12.2 Å². The van der Waals surface area contributed by atoms with Crippen molar-refractivity contribution in [3.8, 4) is 0 Å². The summed E-state index contributed by atoms with van der Waals surface area (Å²) in [5, 5.41) is 0. The number of nitrogens with two attached hydrogens (primary N) is 1. The number of thiocarbonyl (C=S) groups is 1. The Morgan fingerprint density at radius 2 is 1.88 bits per heavy atom.